The molecule has 4 heterocycles. The van der Waals surface area contributed by atoms with Gasteiger partial charge in [-0.15, -0.1) is 0 Å². The van der Waals surface area contributed by atoms with Crippen molar-refractivity contribution < 1.29 is 37.9 Å². The zero-order valence-corrected chi connectivity index (χ0v) is 29.0. The molecule has 6 atom stereocenters. The molecule has 10 nitrogen and oxygen atoms in total. The summed E-state index contributed by atoms with van der Waals surface area (Å²) in [6.07, 6.45) is -1.34. The van der Waals surface area contributed by atoms with Crippen molar-refractivity contribution in [2.24, 2.45) is 5.92 Å². The van der Waals surface area contributed by atoms with E-state index >= 15 is 4.11 Å². The lowest BCUT2D eigenvalue weighted by molar-refractivity contribution is -0.154. The summed E-state index contributed by atoms with van der Waals surface area (Å²) in [5.74, 6) is -2.13. The van der Waals surface area contributed by atoms with E-state index in [0.29, 0.717) is 35.6 Å². The summed E-state index contributed by atoms with van der Waals surface area (Å²) in [7, 11) is -3.60. The summed E-state index contributed by atoms with van der Waals surface area (Å²) in [4.78, 5) is 58.2. The van der Waals surface area contributed by atoms with Crippen LogP contribution in [0.1, 0.15) is 43.4 Å². The van der Waals surface area contributed by atoms with Crippen molar-refractivity contribution in [3.63, 3.8) is 0 Å². The van der Waals surface area contributed by atoms with Gasteiger partial charge in [-0.3, -0.25) is 29.0 Å². The average molecular weight is 686 g/mol. The first kappa shape index (κ1) is 33.1. The molecule has 4 aliphatic rings. The van der Waals surface area contributed by atoms with E-state index in [1.54, 1.807) is 53.2 Å². The summed E-state index contributed by atoms with van der Waals surface area (Å²) in [5.41, 5.74) is 1.68. The number of amides is 3. The fraction of sp³-hybridized carbons (Fsp3) is 0.405. The Morgan fingerprint density at radius 3 is 2.35 bits per heavy atom. The summed E-state index contributed by atoms with van der Waals surface area (Å²) in [6.45, 7) is 6.35. The molecular weight excluding hydrogens is 646 g/mol. The van der Waals surface area contributed by atoms with Crippen LogP contribution in [0.3, 0.4) is 0 Å². The van der Waals surface area contributed by atoms with Gasteiger partial charge in [-0.2, -0.15) is 0 Å². The second-order valence-electron chi connectivity index (χ2n) is 14.0. The highest BCUT2D eigenvalue weighted by molar-refractivity contribution is 6.72. The van der Waals surface area contributed by atoms with E-state index in [1.807, 2.05) is 49.4 Å². The van der Waals surface area contributed by atoms with Gasteiger partial charge in [0.05, 0.1) is 37.3 Å². The van der Waals surface area contributed by atoms with Gasteiger partial charge in [0.2, 0.25) is 20.2 Å². The number of para-hydroxylation sites is 1. The van der Waals surface area contributed by atoms with Gasteiger partial charge in [0.1, 0.15) is 0 Å². The number of benzene rings is 3. The summed E-state index contributed by atoms with van der Waals surface area (Å²) >= 11 is 0. The largest absolute Gasteiger partial charge is 0.441 e. The number of rotatable bonds is 7. The second-order valence-corrected chi connectivity index (χ2v) is 17.8. The molecule has 1 N–H and O–H groups in total. The number of carbonyl (C=O) groups is 4. The SMILES string of the molecule is CC(=O)OC1CC(=O)N1c1ccc2c(c1)[C@]1(O[C@@H](CC(=O)N3Cc4ccccc4C[C@H]3CO)[C@H]([Si](C)(C)F)[C@H]1C)C(=O)N2c1ccccc1. The van der Waals surface area contributed by atoms with Crippen LogP contribution in [-0.2, 0) is 47.2 Å². The zero-order valence-electron chi connectivity index (χ0n) is 28.0. The predicted octanol–water partition coefficient (Wildman–Crippen LogP) is 5.10. The molecule has 1 spiro atoms. The first-order chi connectivity index (χ1) is 23.3. The molecule has 256 valence electrons. The van der Waals surface area contributed by atoms with Crippen molar-refractivity contribution in [3.05, 3.63) is 89.5 Å². The molecule has 3 aromatic carbocycles. The molecule has 3 aromatic rings. The third kappa shape index (κ3) is 5.37. The molecule has 0 radical (unpaired) electrons. The van der Waals surface area contributed by atoms with Crippen LogP contribution < -0.4 is 9.80 Å². The number of aliphatic hydroxyl groups excluding tert-OH is 1. The van der Waals surface area contributed by atoms with Gasteiger partial charge >= 0.3 is 5.97 Å². The molecule has 1 unspecified atom stereocenters. The topological polar surface area (TPSA) is 117 Å². The third-order valence-electron chi connectivity index (χ3n) is 10.6. The Morgan fingerprint density at radius 2 is 1.69 bits per heavy atom. The molecular formula is C37H40FN3O7Si. The van der Waals surface area contributed by atoms with Crippen molar-refractivity contribution in [3.8, 4) is 0 Å². The van der Waals surface area contributed by atoms with Crippen LogP contribution in [0.5, 0.6) is 0 Å². The van der Waals surface area contributed by atoms with Crippen LogP contribution in [0.25, 0.3) is 0 Å². The Kier molecular flexibility index (Phi) is 8.24. The number of fused-ring (bicyclic) bond motifs is 3. The van der Waals surface area contributed by atoms with Crippen molar-refractivity contribution in [2.45, 2.75) is 82.3 Å². The Hall–Kier alpha value is -4.39. The van der Waals surface area contributed by atoms with E-state index in [-0.39, 0.29) is 31.3 Å². The number of hydrogen-bond acceptors (Lipinski definition) is 7. The van der Waals surface area contributed by atoms with Gasteiger partial charge in [-0.1, -0.05) is 49.4 Å². The molecule has 0 aromatic heterocycles. The number of β-lactam (4-membered cyclic amide) rings is 1. The maximum absolute atomic E-state index is 16.5. The van der Waals surface area contributed by atoms with E-state index in [1.165, 1.54) is 11.8 Å². The molecule has 7 rings (SSSR count). The molecule has 0 aliphatic carbocycles. The lowest BCUT2D eigenvalue weighted by Gasteiger charge is -2.39. The highest BCUT2D eigenvalue weighted by Crippen LogP contribution is 2.61. The van der Waals surface area contributed by atoms with Gasteiger partial charge in [-0.25, -0.2) is 0 Å². The molecule has 4 aliphatic heterocycles. The lowest BCUT2D eigenvalue weighted by atomic mass is 9.82. The fourth-order valence-electron chi connectivity index (χ4n) is 8.46. The van der Waals surface area contributed by atoms with Gasteiger partial charge < -0.3 is 23.6 Å². The minimum absolute atomic E-state index is 0.0352. The number of halogens is 1. The molecule has 0 saturated carbocycles. The summed E-state index contributed by atoms with van der Waals surface area (Å²) in [6, 6.07) is 21.6. The van der Waals surface area contributed by atoms with Gasteiger partial charge in [-0.05, 0) is 61.0 Å². The van der Waals surface area contributed by atoms with Gasteiger partial charge in [0.25, 0.3) is 5.91 Å². The van der Waals surface area contributed by atoms with Crippen LogP contribution in [0.15, 0.2) is 72.8 Å². The Balaban J connectivity index is 1.30. The monoisotopic (exact) mass is 685 g/mol. The summed E-state index contributed by atoms with van der Waals surface area (Å²) in [5, 5.41) is 10.3. The fourth-order valence-corrected chi connectivity index (χ4v) is 11.0. The number of carbonyl (C=O) groups excluding carboxylic acids is 4. The molecule has 0 bridgehead atoms. The predicted molar refractivity (Wildman–Crippen MR) is 182 cm³/mol. The number of hydrogen-bond donors (Lipinski definition) is 1. The van der Waals surface area contributed by atoms with E-state index in [9.17, 15) is 24.3 Å². The normalized spacial score (nSPS) is 27.6. The quantitative estimate of drug-likeness (QED) is 0.159. The van der Waals surface area contributed by atoms with Crippen molar-refractivity contribution in [2.75, 3.05) is 16.4 Å². The second kappa shape index (κ2) is 12.2. The van der Waals surface area contributed by atoms with E-state index in [4.69, 9.17) is 9.47 Å². The van der Waals surface area contributed by atoms with Gasteiger partial charge in [0.15, 0.2) is 11.8 Å². The van der Waals surface area contributed by atoms with E-state index < -0.39 is 55.7 Å². The van der Waals surface area contributed by atoms with E-state index in [0.717, 1.165) is 11.1 Å². The van der Waals surface area contributed by atoms with Crippen LogP contribution in [-0.4, -0.2) is 67.1 Å². The highest BCUT2D eigenvalue weighted by Gasteiger charge is 2.67. The Labute approximate surface area is 285 Å². The van der Waals surface area contributed by atoms with Crippen molar-refractivity contribution >= 4 is 49.2 Å². The molecule has 3 amide bonds. The Morgan fingerprint density at radius 1 is 1.00 bits per heavy atom. The van der Waals surface area contributed by atoms with Gasteiger partial charge in [0, 0.05) is 41.9 Å². The van der Waals surface area contributed by atoms with Crippen LogP contribution in [0, 0.1) is 5.92 Å². The van der Waals surface area contributed by atoms with Crippen molar-refractivity contribution in [1.82, 2.24) is 4.90 Å². The van der Waals surface area contributed by atoms with E-state index in [2.05, 4.69) is 0 Å². The first-order valence-electron chi connectivity index (χ1n) is 16.7. The number of esters is 1. The minimum atomic E-state index is -3.60. The van der Waals surface area contributed by atoms with Crippen LogP contribution in [0.4, 0.5) is 21.2 Å². The minimum Gasteiger partial charge on any atom is -0.441 e. The standard InChI is InChI=1S/C37H40FN3O7Si/c1-22-35(49(3,4)38)31(18-32(44)39-20-25-11-9-8-10-24(25)16-28(39)21-42)48-37(22)29-17-27(41-33(45)19-34(41)47-23(2)43)14-15-30(29)40(36(37)46)26-12-6-5-7-13-26/h5-15,17,22,28,31,34-35,42H,16,18-21H2,1-4H3/t22-,28+,31+,34?,35-,37+/m1/s1. The molecule has 2 fully saturated rings. The highest BCUT2D eigenvalue weighted by atomic mass is 28.4. The zero-order chi connectivity index (χ0) is 34.8. The van der Waals surface area contributed by atoms with Crippen molar-refractivity contribution in [1.29, 1.82) is 0 Å². The van der Waals surface area contributed by atoms with Crippen LogP contribution in [0.2, 0.25) is 18.6 Å². The lowest BCUT2D eigenvalue weighted by Crippen LogP contribution is -2.55. The summed E-state index contributed by atoms with van der Waals surface area (Å²) < 4.78 is 28.8. The maximum atomic E-state index is 16.5. The Bertz CT molecular complexity index is 1830. The number of nitrogens with zero attached hydrogens (tertiary/aromatic N) is 3. The number of ether oxygens (including phenoxy) is 2. The third-order valence-corrected chi connectivity index (χ3v) is 13.1. The molecule has 49 heavy (non-hydrogen) atoms. The first-order valence-corrected chi connectivity index (χ1v) is 19.7. The number of anilines is 3. The average Bonchev–Trinajstić information content (AvgIpc) is 3.49. The maximum Gasteiger partial charge on any atom is 0.304 e. The molecule has 12 heteroatoms. The smallest absolute Gasteiger partial charge is 0.304 e. The molecule has 2 saturated heterocycles. The van der Waals surface area contributed by atoms with Crippen LogP contribution >= 0.6 is 0 Å². The number of aliphatic hydroxyl groups is 1.